The highest BCUT2D eigenvalue weighted by molar-refractivity contribution is 6.01. The standard InChI is InChI=1S/C14H21N3O/c1-2-10(8-9-6-7-9)17-13-11(14(16)18)4-3-5-12(13)15/h3-5,9-10,17H,2,6-8,15H2,1H3,(H2,16,18). The first-order chi connectivity index (χ1) is 8.61. The summed E-state index contributed by atoms with van der Waals surface area (Å²) in [7, 11) is 0. The quantitative estimate of drug-likeness (QED) is 0.675. The molecule has 1 aromatic rings. The van der Waals surface area contributed by atoms with Crippen molar-refractivity contribution < 1.29 is 4.79 Å². The average Bonchev–Trinajstić information content (AvgIpc) is 3.14. The molecular weight excluding hydrogens is 226 g/mol. The SMILES string of the molecule is CCC(CC1CC1)Nc1c(N)cccc1C(N)=O. The fraction of sp³-hybridized carbons (Fsp3) is 0.500. The fourth-order valence-corrected chi connectivity index (χ4v) is 2.22. The topological polar surface area (TPSA) is 81.1 Å². The van der Waals surface area contributed by atoms with E-state index in [-0.39, 0.29) is 0 Å². The number of anilines is 2. The van der Waals surface area contributed by atoms with E-state index in [4.69, 9.17) is 11.5 Å². The molecule has 0 aliphatic heterocycles. The van der Waals surface area contributed by atoms with E-state index in [0.717, 1.165) is 18.8 Å². The molecule has 1 saturated carbocycles. The van der Waals surface area contributed by atoms with Crippen molar-refractivity contribution in [3.8, 4) is 0 Å². The maximum Gasteiger partial charge on any atom is 0.250 e. The summed E-state index contributed by atoms with van der Waals surface area (Å²) in [6, 6.07) is 5.62. The zero-order valence-electron chi connectivity index (χ0n) is 10.8. The molecule has 18 heavy (non-hydrogen) atoms. The van der Waals surface area contributed by atoms with Gasteiger partial charge in [0.2, 0.25) is 0 Å². The average molecular weight is 247 g/mol. The summed E-state index contributed by atoms with van der Waals surface area (Å²) in [5.74, 6) is 0.399. The summed E-state index contributed by atoms with van der Waals surface area (Å²) in [6.07, 6.45) is 4.81. The molecule has 4 heteroatoms. The van der Waals surface area contributed by atoms with Gasteiger partial charge in [-0.1, -0.05) is 25.8 Å². The van der Waals surface area contributed by atoms with Gasteiger partial charge in [0.15, 0.2) is 0 Å². The summed E-state index contributed by atoms with van der Waals surface area (Å²) < 4.78 is 0. The number of carbonyl (C=O) groups excluding carboxylic acids is 1. The minimum absolute atomic E-state index is 0.361. The minimum atomic E-state index is -0.439. The molecule has 1 fully saturated rings. The van der Waals surface area contributed by atoms with Gasteiger partial charge < -0.3 is 16.8 Å². The highest BCUT2D eigenvalue weighted by Crippen LogP contribution is 2.35. The smallest absolute Gasteiger partial charge is 0.250 e. The minimum Gasteiger partial charge on any atom is -0.397 e. The van der Waals surface area contributed by atoms with Crippen LogP contribution in [0.25, 0.3) is 0 Å². The maximum absolute atomic E-state index is 11.4. The van der Waals surface area contributed by atoms with Gasteiger partial charge in [-0.2, -0.15) is 0 Å². The first kappa shape index (κ1) is 12.7. The lowest BCUT2D eigenvalue weighted by Crippen LogP contribution is -2.23. The van der Waals surface area contributed by atoms with Crippen molar-refractivity contribution >= 4 is 17.3 Å². The van der Waals surface area contributed by atoms with Gasteiger partial charge in [0.1, 0.15) is 0 Å². The van der Waals surface area contributed by atoms with Crippen LogP contribution in [0.5, 0.6) is 0 Å². The van der Waals surface area contributed by atoms with Crippen molar-refractivity contribution in [2.24, 2.45) is 11.7 Å². The molecule has 5 N–H and O–H groups in total. The van der Waals surface area contributed by atoms with Gasteiger partial charge in [0.05, 0.1) is 16.9 Å². The Morgan fingerprint density at radius 2 is 2.22 bits per heavy atom. The number of amides is 1. The number of nitrogens with two attached hydrogens (primary N) is 2. The first-order valence-corrected chi connectivity index (χ1v) is 6.56. The van der Waals surface area contributed by atoms with Crippen LogP contribution in [0.1, 0.15) is 43.0 Å². The van der Waals surface area contributed by atoms with Gasteiger partial charge in [-0.15, -0.1) is 0 Å². The molecule has 1 aliphatic carbocycles. The van der Waals surface area contributed by atoms with E-state index < -0.39 is 5.91 Å². The van der Waals surface area contributed by atoms with Gasteiger partial charge in [-0.3, -0.25) is 4.79 Å². The number of hydrogen-bond acceptors (Lipinski definition) is 3. The molecule has 1 amide bonds. The second-order valence-corrected chi connectivity index (χ2v) is 5.06. The molecule has 0 bridgehead atoms. The molecule has 0 saturated heterocycles. The first-order valence-electron chi connectivity index (χ1n) is 6.56. The van der Waals surface area contributed by atoms with Gasteiger partial charge in [-0.25, -0.2) is 0 Å². The molecule has 0 spiro atoms. The van der Waals surface area contributed by atoms with Crippen molar-refractivity contribution in [1.82, 2.24) is 0 Å². The highest BCUT2D eigenvalue weighted by atomic mass is 16.1. The second kappa shape index (κ2) is 5.29. The number of nitrogen functional groups attached to an aromatic ring is 1. The Labute approximate surface area is 108 Å². The maximum atomic E-state index is 11.4. The summed E-state index contributed by atoms with van der Waals surface area (Å²) >= 11 is 0. The van der Waals surface area contributed by atoms with Crippen LogP contribution in [0.15, 0.2) is 18.2 Å². The lowest BCUT2D eigenvalue weighted by atomic mass is 10.0. The van der Waals surface area contributed by atoms with Crippen LogP contribution in [0.4, 0.5) is 11.4 Å². The number of primary amides is 1. The summed E-state index contributed by atoms with van der Waals surface area (Å²) in [5.41, 5.74) is 13.1. The van der Waals surface area contributed by atoms with Crippen molar-refractivity contribution in [3.63, 3.8) is 0 Å². The fourth-order valence-electron chi connectivity index (χ4n) is 2.22. The van der Waals surface area contributed by atoms with Gasteiger partial charge in [0, 0.05) is 6.04 Å². The third kappa shape index (κ3) is 2.94. The Morgan fingerprint density at radius 1 is 1.50 bits per heavy atom. The number of para-hydroxylation sites is 1. The Balaban J connectivity index is 2.17. The number of rotatable bonds is 6. The van der Waals surface area contributed by atoms with Crippen LogP contribution in [-0.2, 0) is 0 Å². The van der Waals surface area contributed by atoms with Crippen LogP contribution in [0.2, 0.25) is 0 Å². The second-order valence-electron chi connectivity index (χ2n) is 5.06. The summed E-state index contributed by atoms with van der Waals surface area (Å²) in [4.78, 5) is 11.4. The monoisotopic (exact) mass is 247 g/mol. The third-order valence-electron chi connectivity index (χ3n) is 3.52. The number of carbonyl (C=O) groups is 1. The van der Waals surface area contributed by atoms with Crippen molar-refractivity contribution in [2.45, 2.75) is 38.6 Å². The van der Waals surface area contributed by atoms with Crippen molar-refractivity contribution in [3.05, 3.63) is 23.8 Å². The molecular formula is C14H21N3O. The van der Waals surface area contributed by atoms with Crippen LogP contribution in [-0.4, -0.2) is 11.9 Å². The number of nitrogens with one attached hydrogen (secondary N) is 1. The van der Waals surface area contributed by atoms with Gasteiger partial charge >= 0.3 is 0 Å². The molecule has 1 aliphatic rings. The summed E-state index contributed by atoms with van der Waals surface area (Å²) in [5, 5.41) is 3.39. The predicted octanol–water partition coefficient (Wildman–Crippen LogP) is 2.36. The largest absolute Gasteiger partial charge is 0.397 e. The van der Waals surface area contributed by atoms with E-state index >= 15 is 0 Å². The Bertz CT molecular complexity index is 441. The molecule has 4 nitrogen and oxygen atoms in total. The number of benzene rings is 1. The lowest BCUT2D eigenvalue weighted by Gasteiger charge is -2.21. The summed E-state index contributed by atoms with van der Waals surface area (Å²) in [6.45, 7) is 2.14. The molecule has 0 heterocycles. The van der Waals surface area contributed by atoms with Gasteiger partial charge in [-0.05, 0) is 30.9 Å². The van der Waals surface area contributed by atoms with E-state index in [9.17, 15) is 4.79 Å². The Kier molecular flexibility index (Phi) is 3.75. The van der Waals surface area contributed by atoms with Gasteiger partial charge in [0.25, 0.3) is 5.91 Å². The predicted molar refractivity (Wildman–Crippen MR) is 74.4 cm³/mol. The molecule has 0 aromatic heterocycles. The van der Waals surface area contributed by atoms with E-state index in [1.165, 1.54) is 12.8 Å². The number of hydrogen-bond donors (Lipinski definition) is 3. The molecule has 1 aromatic carbocycles. The van der Waals surface area contributed by atoms with E-state index in [2.05, 4.69) is 12.2 Å². The highest BCUT2D eigenvalue weighted by Gasteiger charge is 2.25. The van der Waals surface area contributed by atoms with E-state index in [0.29, 0.717) is 23.0 Å². The van der Waals surface area contributed by atoms with E-state index in [1.54, 1.807) is 18.2 Å². The third-order valence-corrected chi connectivity index (χ3v) is 3.52. The molecule has 1 unspecified atom stereocenters. The Morgan fingerprint density at radius 3 is 2.78 bits per heavy atom. The molecule has 98 valence electrons. The normalized spacial score (nSPS) is 16.3. The van der Waals surface area contributed by atoms with Crippen LogP contribution in [0, 0.1) is 5.92 Å². The van der Waals surface area contributed by atoms with Crippen molar-refractivity contribution in [2.75, 3.05) is 11.1 Å². The zero-order chi connectivity index (χ0) is 13.1. The van der Waals surface area contributed by atoms with E-state index in [1.807, 2.05) is 0 Å². The lowest BCUT2D eigenvalue weighted by molar-refractivity contribution is 0.100. The molecule has 0 radical (unpaired) electrons. The van der Waals surface area contributed by atoms with Crippen molar-refractivity contribution in [1.29, 1.82) is 0 Å². The molecule has 2 rings (SSSR count). The van der Waals surface area contributed by atoms with Crippen LogP contribution < -0.4 is 16.8 Å². The van der Waals surface area contributed by atoms with Crippen LogP contribution >= 0.6 is 0 Å². The Hall–Kier alpha value is -1.71. The zero-order valence-corrected chi connectivity index (χ0v) is 10.8. The molecule has 1 atom stereocenters. The van der Waals surface area contributed by atoms with Crippen LogP contribution in [0.3, 0.4) is 0 Å².